The zero-order chi connectivity index (χ0) is 15.7. The van der Waals surface area contributed by atoms with Crippen LogP contribution in [-0.2, 0) is 6.54 Å². The largest absolute Gasteiger partial charge is 0.494 e. The number of nitrogens with zero attached hydrogens (tertiary/aromatic N) is 2. The number of hydrogen-bond donors (Lipinski definition) is 2. The summed E-state index contributed by atoms with van der Waals surface area (Å²) >= 11 is 0. The fourth-order valence-electron chi connectivity index (χ4n) is 1.75. The van der Waals surface area contributed by atoms with Gasteiger partial charge in [-0.3, -0.25) is 10.1 Å². The zero-order valence-corrected chi connectivity index (χ0v) is 12.4. The summed E-state index contributed by atoms with van der Waals surface area (Å²) in [5.74, 6) is 0.871. The van der Waals surface area contributed by atoms with Crippen molar-refractivity contribution in [3.05, 3.63) is 52.0 Å². The lowest BCUT2D eigenvalue weighted by molar-refractivity contribution is -0.403. The molecule has 1 aromatic rings. The Balaban J connectivity index is 2.28. The van der Waals surface area contributed by atoms with E-state index in [2.05, 4.69) is 16.3 Å². The van der Waals surface area contributed by atoms with Gasteiger partial charge in [0.15, 0.2) is 5.82 Å². The van der Waals surface area contributed by atoms with E-state index in [-0.39, 0.29) is 5.82 Å². The van der Waals surface area contributed by atoms with E-state index in [1.165, 1.54) is 5.56 Å². The van der Waals surface area contributed by atoms with Crippen molar-refractivity contribution in [2.45, 2.75) is 13.0 Å². The topological polar surface area (TPSA) is 93.7 Å². The number of nitrogens with two attached hydrogens (primary N) is 1. The number of nitrogens with one attached hydrogen (secondary N) is 1. The molecule has 3 N–H and O–H groups in total. The first-order valence-electron chi connectivity index (χ1n) is 6.68. The summed E-state index contributed by atoms with van der Waals surface area (Å²) in [5.41, 5.74) is 6.59. The molecule has 0 aromatic heterocycles. The summed E-state index contributed by atoms with van der Waals surface area (Å²) in [6, 6.07) is 7.93. The number of nitro groups is 1. The van der Waals surface area contributed by atoms with Gasteiger partial charge in [-0.05, 0) is 38.2 Å². The second kappa shape index (κ2) is 8.80. The van der Waals surface area contributed by atoms with Crippen molar-refractivity contribution in [3.8, 4) is 5.75 Å². The molecular weight excluding hydrogens is 272 g/mol. The first-order chi connectivity index (χ1) is 9.97. The molecule has 0 spiro atoms. The van der Waals surface area contributed by atoms with E-state index >= 15 is 0 Å². The number of ether oxygens (including phenoxy) is 1. The van der Waals surface area contributed by atoms with Crippen LogP contribution in [0.1, 0.15) is 12.0 Å². The van der Waals surface area contributed by atoms with Crippen molar-refractivity contribution < 1.29 is 9.66 Å². The summed E-state index contributed by atoms with van der Waals surface area (Å²) in [6.07, 6.45) is 1.44. The first-order valence-corrected chi connectivity index (χ1v) is 6.68. The van der Waals surface area contributed by atoms with Gasteiger partial charge in [-0.2, -0.15) is 0 Å². The molecule has 0 aliphatic rings. The number of rotatable bonds is 9. The van der Waals surface area contributed by atoms with E-state index in [9.17, 15) is 10.1 Å². The highest BCUT2D eigenvalue weighted by Crippen LogP contribution is 2.14. The van der Waals surface area contributed by atoms with Crippen molar-refractivity contribution in [3.63, 3.8) is 0 Å². The second-order valence-electron chi connectivity index (χ2n) is 4.88. The molecule has 0 saturated heterocycles. The summed E-state index contributed by atoms with van der Waals surface area (Å²) in [7, 11) is 4.03. The molecule has 116 valence electrons. The van der Waals surface area contributed by atoms with Gasteiger partial charge in [-0.15, -0.1) is 0 Å². The van der Waals surface area contributed by atoms with E-state index in [0.717, 1.165) is 18.5 Å². The van der Waals surface area contributed by atoms with Gasteiger partial charge >= 0.3 is 0 Å². The predicted molar refractivity (Wildman–Crippen MR) is 81.2 cm³/mol. The number of benzene rings is 1. The summed E-state index contributed by atoms with van der Waals surface area (Å²) in [6.45, 7) is 1.90. The van der Waals surface area contributed by atoms with Crippen LogP contribution in [-0.4, -0.2) is 37.1 Å². The summed E-state index contributed by atoms with van der Waals surface area (Å²) in [4.78, 5) is 11.7. The van der Waals surface area contributed by atoms with Crippen LogP contribution in [0, 0.1) is 10.1 Å². The molecule has 7 heteroatoms. The third-order valence-corrected chi connectivity index (χ3v) is 2.56. The molecule has 0 heterocycles. The maximum atomic E-state index is 10.2. The van der Waals surface area contributed by atoms with E-state index in [4.69, 9.17) is 10.5 Å². The predicted octanol–water partition coefficient (Wildman–Crippen LogP) is 1.14. The first kappa shape index (κ1) is 16.8. The van der Waals surface area contributed by atoms with Crippen LogP contribution < -0.4 is 15.8 Å². The highest BCUT2D eigenvalue weighted by molar-refractivity contribution is 5.28. The molecule has 0 fully saturated rings. The van der Waals surface area contributed by atoms with Gasteiger partial charge in [0.2, 0.25) is 0 Å². The monoisotopic (exact) mass is 294 g/mol. The Morgan fingerprint density at radius 2 is 2.29 bits per heavy atom. The van der Waals surface area contributed by atoms with Gasteiger partial charge in [0.25, 0.3) is 6.20 Å². The minimum absolute atomic E-state index is 0.0491. The maximum Gasteiger partial charge on any atom is 0.273 e. The lowest BCUT2D eigenvalue weighted by Gasteiger charge is -2.12. The normalized spacial score (nSPS) is 11.5. The molecule has 0 bridgehead atoms. The molecule has 1 aromatic carbocycles. The van der Waals surface area contributed by atoms with Crippen LogP contribution in [0.2, 0.25) is 0 Å². The molecule has 0 atom stereocenters. The third-order valence-electron chi connectivity index (χ3n) is 2.56. The Hall–Kier alpha value is -2.28. The molecule has 0 amide bonds. The molecule has 0 saturated carbocycles. The van der Waals surface area contributed by atoms with Crippen LogP contribution in [0.15, 0.2) is 36.3 Å². The Bertz CT molecular complexity index is 489. The molecule has 1 rings (SSSR count). The van der Waals surface area contributed by atoms with Gasteiger partial charge in [0.1, 0.15) is 5.75 Å². The molecule has 0 unspecified atom stereocenters. The molecule has 21 heavy (non-hydrogen) atoms. The Labute approximate surface area is 124 Å². The Kier molecular flexibility index (Phi) is 7.03. The quantitative estimate of drug-likeness (QED) is 0.403. The van der Waals surface area contributed by atoms with Crippen molar-refractivity contribution >= 4 is 0 Å². The average Bonchev–Trinajstić information content (AvgIpc) is 2.37. The van der Waals surface area contributed by atoms with Crippen LogP contribution in [0.25, 0.3) is 0 Å². The van der Waals surface area contributed by atoms with Crippen LogP contribution in [0.3, 0.4) is 0 Å². The average molecular weight is 294 g/mol. The van der Waals surface area contributed by atoms with Gasteiger partial charge in [-0.25, -0.2) is 0 Å². The molecular formula is C14H22N4O3. The second-order valence-corrected chi connectivity index (χ2v) is 4.88. The van der Waals surface area contributed by atoms with Crippen molar-refractivity contribution in [2.75, 3.05) is 27.2 Å². The smallest absolute Gasteiger partial charge is 0.273 e. The molecule has 0 aliphatic heterocycles. The molecule has 0 aliphatic carbocycles. The lowest BCUT2D eigenvalue weighted by Crippen LogP contribution is -2.23. The van der Waals surface area contributed by atoms with Crippen LogP contribution in [0.5, 0.6) is 5.75 Å². The highest BCUT2D eigenvalue weighted by Gasteiger charge is 1.99. The van der Waals surface area contributed by atoms with E-state index in [1.54, 1.807) is 0 Å². The molecule has 7 nitrogen and oxygen atoms in total. The van der Waals surface area contributed by atoms with E-state index < -0.39 is 4.92 Å². The summed E-state index contributed by atoms with van der Waals surface area (Å²) in [5, 5.41) is 12.9. The standard InChI is InChI=1S/C14H22N4O3/c1-17(2)10-12-5-3-6-13(9-12)21-8-4-7-16-14(15)11-18(19)20/h3,5-6,9,11,16H,4,7-8,10,15H2,1-2H3. The van der Waals surface area contributed by atoms with Crippen molar-refractivity contribution in [2.24, 2.45) is 5.73 Å². The fourth-order valence-corrected chi connectivity index (χ4v) is 1.75. The highest BCUT2D eigenvalue weighted by atomic mass is 16.6. The minimum Gasteiger partial charge on any atom is -0.494 e. The third kappa shape index (κ3) is 7.78. The van der Waals surface area contributed by atoms with Gasteiger partial charge in [-0.1, -0.05) is 12.1 Å². The minimum atomic E-state index is -0.588. The van der Waals surface area contributed by atoms with Gasteiger partial charge < -0.3 is 20.7 Å². The zero-order valence-electron chi connectivity index (χ0n) is 12.4. The fraction of sp³-hybridized carbons (Fsp3) is 0.429. The molecule has 0 radical (unpaired) electrons. The van der Waals surface area contributed by atoms with Crippen LogP contribution in [0.4, 0.5) is 0 Å². The SMILES string of the molecule is CN(C)Cc1cccc(OCCCNC(N)=C[N+](=O)[O-])c1. The van der Waals surface area contributed by atoms with E-state index in [0.29, 0.717) is 19.6 Å². The maximum absolute atomic E-state index is 10.2. The van der Waals surface area contributed by atoms with Crippen molar-refractivity contribution in [1.29, 1.82) is 0 Å². The van der Waals surface area contributed by atoms with Gasteiger partial charge in [0, 0.05) is 13.1 Å². The number of hydrogen-bond acceptors (Lipinski definition) is 6. The lowest BCUT2D eigenvalue weighted by atomic mass is 10.2. The van der Waals surface area contributed by atoms with Gasteiger partial charge in [0.05, 0.1) is 11.5 Å². The Morgan fingerprint density at radius 1 is 1.52 bits per heavy atom. The van der Waals surface area contributed by atoms with Crippen LogP contribution >= 0.6 is 0 Å². The van der Waals surface area contributed by atoms with E-state index in [1.807, 2.05) is 32.3 Å². The Morgan fingerprint density at radius 3 is 2.95 bits per heavy atom. The summed E-state index contributed by atoms with van der Waals surface area (Å²) < 4.78 is 5.64. The van der Waals surface area contributed by atoms with Crippen molar-refractivity contribution in [1.82, 2.24) is 10.2 Å².